The number of carbonyl (C=O) groups excluding carboxylic acids is 1. The van der Waals surface area contributed by atoms with Crippen molar-refractivity contribution in [1.82, 2.24) is 20.2 Å². The van der Waals surface area contributed by atoms with E-state index in [1.165, 1.54) is 16.4 Å². The van der Waals surface area contributed by atoms with Crippen LogP contribution in [0.25, 0.3) is 11.4 Å². The Morgan fingerprint density at radius 2 is 1.96 bits per heavy atom. The van der Waals surface area contributed by atoms with Crippen molar-refractivity contribution in [2.45, 2.75) is 11.7 Å². The molecule has 10 heteroatoms. The number of nitrogens with two attached hydrogens (primary N) is 1. The first-order chi connectivity index (χ1) is 13.6. The second-order valence-electron chi connectivity index (χ2n) is 5.94. The van der Waals surface area contributed by atoms with Gasteiger partial charge in [0.25, 0.3) is 0 Å². The van der Waals surface area contributed by atoms with Crippen LogP contribution in [0.1, 0.15) is 5.56 Å². The molecule has 0 atom stereocenters. The molecule has 0 saturated carbocycles. The van der Waals surface area contributed by atoms with E-state index in [0.717, 1.165) is 21.3 Å². The predicted octanol–water partition coefficient (Wildman–Crippen LogP) is 2.56. The highest BCUT2D eigenvalue weighted by Crippen LogP contribution is 2.32. The van der Waals surface area contributed by atoms with Crippen LogP contribution in [0, 0.1) is 0 Å². The molecule has 144 valence electrons. The summed E-state index contributed by atoms with van der Waals surface area (Å²) in [5.41, 5.74) is 1.78. The van der Waals surface area contributed by atoms with Gasteiger partial charge >= 0.3 is 0 Å². The number of nitrogens with zero attached hydrogens (tertiary/aromatic N) is 3. The molecule has 3 aromatic rings. The molecule has 0 spiro atoms. The molecule has 2 heterocycles. The predicted molar refractivity (Wildman–Crippen MR) is 108 cm³/mol. The Kier molecular flexibility index (Phi) is 5.40. The Morgan fingerprint density at radius 3 is 2.79 bits per heavy atom. The van der Waals surface area contributed by atoms with E-state index in [4.69, 9.17) is 15.3 Å². The average Bonchev–Trinajstić information content (AvgIpc) is 3.31. The molecule has 0 saturated heterocycles. The third-order valence-electron chi connectivity index (χ3n) is 4.03. The van der Waals surface area contributed by atoms with E-state index in [0.29, 0.717) is 23.3 Å². The van der Waals surface area contributed by atoms with Crippen molar-refractivity contribution < 1.29 is 14.3 Å². The summed E-state index contributed by atoms with van der Waals surface area (Å²) in [7, 11) is 0. The molecule has 1 amide bonds. The van der Waals surface area contributed by atoms with Gasteiger partial charge < -0.3 is 20.6 Å². The summed E-state index contributed by atoms with van der Waals surface area (Å²) in [6, 6.07) is 13.2. The molecule has 0 radical (unpaired) electrons. The normalized spacial score (nSPS) is 12.2. The zero-order valence-corrected chi connectivity index (χ0v) is 17.0. The number of nitrogens with one attached hydrogen (secondary N) is 1. The van der Waals surface area contributed by atoms with Gasteiger partial charge in [0, 0.05) is 16.6 Å². The highest BCUT2D eigenvalue weighted by atomic mass is 79.9. The van der Waals surface area contributed by atoms with Crippen LogP contribution in [-0.2, 0) is 11.3 Å². The molecule has 1 aliphatic heterocycles. The molecule has 2 aromatic carbocycles. The van der Waals surface area contributed by atoms with E-state index in [2.05, 4.69) is 31.4 Å². The Hall–Kier alpha value is -2.72. The first-order valence-electron chi connectivity index (χ1n) is 8.34. The summed E-state index contributed by atoms with van der Waals surface area (Å²) in [5.74, 6) is 8.08. The van der Waals surface area contributed by atoms with Gasteiger partial charge in [0.15, 0.2) is 17.3 Å². The highest BCUT2D eigenvalue weighted by Gasteiger charge is 2.15. The number of carbonyl (C=O) groups is 1. The number of nitrogen functional groups attached to an aromatic ring is 1. The molecule has 28 heavy (non-hydrogen) atoms. The second kappa shape index (κ2) is 8.11. The van der Waals surface area contributed by atoms with E-state index in [1.54, 1.807) is 0 Å². The van der Waals surface area contributed by atoms with Crippen molar-refractivity contribution in [1.29, 1.82) is 0 Å². The Morgan fingerprint density at radius 1 is 1.18 bits per heavy atom. The fourth-order valence-corrected chi connectivity index (χ4v) is 3.55. The summed E-state index contributed by atoms with van der Waals surface area (Å²) in [5, 5.41) is 11.5. The lowest BCUT2D eigenvalue weighted by Crippen LogP contribution is -2.25. The van der Waals surface area contributed by atoms with Crippen molar-refractivity contribution in [3.8, 4) is 22.9 Å². The second-order valence-corrected chi connectivity index (χ2v) is 7.79. The van der Waals surface area contributed by atoms with Crippen LogP contribution in [0.15, 0.2) is 52.1 Å². The van der Waals surface area contributed by atoms with Gasteiger partial charge in [0.2, 0.25) is 17.9 Å². The fourth-order valence-electron chi connectivity index (χ4n) is 2.60. The first kappa shape index (κ1) is 18.6. The highest BCUT2D eigenvalue weighted by molar-refractivity contribution is 9.10. The number of amides is 1. The smallest absolute Gasteiger partial charge is 0.231 e. The van der Waals surface area contributed by atoms with Crippen molar-refractivity contribution in [3.63, 3.8) is 0 Å². The van der Waals surface area contributed by atoms with Crippen LogP contribution < -0.4 is 20.6 Å². The van der Waals surface area contributed by atoms with Crippen molar-refractivity contribution in [2.75, 3.05) is 18.4 Å². The number of benzene rings is 2. The summed E-state index contributed by atoms with van der Waals surface area (Å²) >= 11 is 4.62. The Labute approximate surface area is 173 Å². The quantitative estimate of drug-likeness (QED) is 0.429. The largest absolute Gasteiger partial charge is 0.454 e. The van der Waals surface area contributed by atoms with E-state index >= 15 is 0 Å². The zero-order valence-electron chi connectivity index (χ0n) is 14.6. The van der Waals surface area contributed by atoms with E-state index in [-0.39, 0.29) is 18.5 Å². The molecule has 4 rings (SSSR count). The van der Waals surface area contributed by atoms with Crippen LogP contribution in [0.5, 0.6) is 11.5 Å². The molecule has 8 nitrogen and oxygen atoms in total. The van der Waals surface area contributed by atoms with E-state index in [9.17, 15) is 4.79 Å². The molecule has 3 N–H and O–H groups in total. The molecule has 1 aromatic heterocycles. The molecule has 0 bridgehead atoms. The van der Waals surface area contributed by atoms with Gasteiger partial charge in [-0.2, -0.15) is 0 Å². The summed E-state index contributed by atoms with van der Waals surface area (Å²) < 4.78 is 13.0. The number of aromatic nitrogens is 3. The molecular weight excluding hydrogens is 446 g/mol. The number of halogens is 1. The maximum atomic E-state index is 12.2. The standard InChI is InChI=1S/C18H16BrN5O3S/c19-13-4-2-12(3-5-13)17-22-23-18(24(17)20)28-9-16(25)21-8-11-1-6-14-15(7-11)27-10-26-14/h1-7H,8-10,20H2,(H,21,25). The third kappa shape index (κ3) is 4.07. The minimum Gasteiger partial charge on any atom is -0.454 e. The minimum atomic E-state index is -0.129. The van der Waals surface area contributed by atoms with Gasteiger partial charge in [-0.05, 0) is 29.8 Å². The van der Waals surface area contributed by atoms with Gasteiger partial charge in [-0.3, -0.25) is 4.79 Å². The van der Waals surface area contributed by atoms with Crippen LogP contribution in [-0.4, -0.2) is 33.3 Å². The topological polar surface area (TPSA) is 104 Å². The molecular formula is C18H16BrN5O3S. The molecule has 0 unspecified atom stereocenters. The summed E-state index contributed by atoms with van der Waals surface area (Å²) in [6.07, 6.45) is 0. The number of hydrogen-bond acceptors (Lipinski definition) is 7. The maximum absolute atomic E-state index is 12.2. The summed E-state index contributed by atoms with van der Waals surface area (Å²) in [4.78, 5) is 12.2. The number of fused-ring (bicyclic) bond motifs is 1. The van der Waals surface area contributed by atoms with Gasteiger partial charge in [0.05, 0.1) is 5.75 Å². The maximum Gasteiger partial charge on any atom is 0.231 e. The molecule has 0 aliphatic carbocycles. The third-order valence-corrected chi connectivity index (χ3v) is 5.50. The first-order valence-corrected chi connectivity index (χ1v) is 10.1. The van der Waals surface area contributed by atoms with Crippen molar-refractivity contribution >= 4 is 33.6 Å². The van der Waals surface area contributed by atoms with Gasteiger partial charge in [0.1, 0.15) is 0 Å². The number of thioether (sulfide) groups is 1. The van der Waals surface area contributed by atoms with Crippen LogP contribution in [0.4, 0.5) is 0 Å². The monoisotopic (exact) mass is 461 g/mol. The van der Waals surface area contributed by atoms with E-state index in [1.807, 2.05) is 42.5 Å². The SMILES string of the molecule is Nn1c(SCC(=O)NCc2ccc3c(c2)OCO3)nnc1-c1ccc(Br)cc1. The minimum absolute atomic E-state index is 0.129. The van der Waals surface area contributed by atoms with E-state index < -0.39 is 0 Å². The van der Waals surface area contributed by atoms with Crippen molar-refractivity contribution in [3.05, 3.63) is 52.5 Å². The number of hydrogen-bond donors (Lipinski definition) is 2. The zero-order chi connectivity index (χ0) is 19.5. The fraction of sp³-hybridized carbons (Fsp3) is 0.167. The average molecular weight is 462 g/mol. The van der Waals surface area contributed by atoms with Crippen molar-refractivity contribution in [2.24, 2.45) is 0 Å². The lowest BCUT2D eigenvalue weighted by Gasteiger charge is -2.06. The molecule has 0 fully saturated rings. The van der Waals surface area contributed by atoms with Crippen LogP contribution in [0.2, 0.25) is 0 Å². The van der Waals surface area contributed by atoms with Gasteiger partial charge in [-0.1, -0.05) is 45.9 Å². The Bertz CT molecular complexity index is 1010. The van der Waals surface area contributed by atoms with Crippen LogP contribution in [0.3, 0.4) is 0 Å². The lowest BCUT2D eigenvalue weighted by atomic mass is 10.2. The number of ether oxygens (including phenoxy) is 2. The lowest BCUT2D eigenvalue weighted by molar-refractivity contribution is -0.118. The summed E-state index contributed by atoms with van der Waals surface area (Å²) in [6.45, 7) is 0.624. The van der Waals surface area contributed by atoms with Crippen LogP contribution >= 0.6 is 27.7 Å². The Balaban J connectivity index is 1.32. The van der Waals surface area contributed by atoms with Gasteiger partial charge in [-0.15, -0.1) is 10.2 Å². The number of rotatable bonds is 6. The molecule has 1 aliphatic rings. The van der Waals surface area contributed by atoms with Gasteiger partial charge in [-0.25, -0.2) is 4.68 Å².